The summed E-state index contributed by atoms with van der Waals surface area (Å²) in [6, 6.07) is 0. The third-order valence-corrected chi connectivity index (χ3v) is 7.45. The van der Waals surface area contributed by atoms with Gasteiger partial charge in [0.25, 0.3) is 0 Å². The second-order valence-electron chi connectivity index (χ2n) is 10.9. The first-order valence-corrected chi connectivity index (χ1v) is 15.9. The molecule has 0 saturated heterocycles. The maximum absolute atomic E-state index is 5.10. The van der Waals surface area contributed by atoms with E-state index >= 15 is 0 Å². The Bertz CT molecular complexity index is 284. The van der Waals surface area contributed by atoms with Gasteiger partial charge in [-0.3, -0.25) is 0 Å². The van der Waals surface area contributed by atoms with Gasteiger partial charge in [-0.15, -0.1) is 0 Å². The molecule has 0 aromatic heterocycles. The molecule has 0 aliphatic rings. The van der Waals surface area contributed by atoms with Gasteiger partial charge < -0.3 is 4.74 Å². The maximum Gasteiger partial charge on any atom is 0.0462 e. The zero-order valence-electron chi connectivity index (χ0n) is 23.6. The molecule has 0 aromatic carbocycles. The van der Waals surface area contributed by atoms with Crippen LogP contribution in [0.3, 0.4) is 0 Å². The van der Waals surface area contributed by atoms with Crippen molar-refractivity contribution >= 4 is 0 Å². The van der Waals surface area contributed by atoms with E-state index in [4.69, 9.17) is 4.74 Å². The van der Waals surface area contributed by atoms with Gasteiger partial charge in [-0.1, -0.05) is 187 Å². The van der Waals surface area contributed by atoms with Crippen LogP contribution in [0.2, 0.25) is 0 Å². The van der Waals surface area contributed by atoms with Crippen molar-refractivity contribution in [1.82, 2.24) is 0 Å². The van der Waals surface area contributed by atoms with Gasteiger partial charge >= 0.3 is 0 Å². The van der Waals surface area contributed by atoms with Gasteiger partial charge in [0.1, 0.15) is 0 Å². The summed E-state index contributed by atoms with van der Waals surface area (Å²) in [6.07, 6.45) is 42.3. The highest BCUT2D eigenvalue weighted by atomic mass is 16.5. The van der Waals surface area contributed by atoms with Gasteiger partial charge in [0.15, 0.2) is 0 Å². The quantitative estimate of drug-likeness (QED) is 0.0956. The molecule has 0 aliphatic carbocycles. The van der Waals surface area contributed by atoms with Crippen LogP contribution in [0.1, 0.15) is 193 Å². The van der Waals surface area contributed by atoms with E-state index in [0.29, 0.717) is 0 Å². The fourth-order valence-corrected chi connectivity index (χ4v) is 5.09. The Morgan fingerprint density at radius 1 is 0.273 bits per heavy atom. The topological polar surface area (TPSA) is 9.23 Å². The third-order valence-electron chi connectivity index (χ3n) is 7.45. The van der Waals surface area contributed by atoms with Crippen LogP contribution in [0.5, 0.6) is 0 Å². The molecule has 1 nitrogen and oxygen atoms in total. The minimum atomic E-state index is 0.944. The van der Waals surface area contributed by atoms with E-state index in [0.717, 1.165) is 6.61 Å². The molecule has 0 heterocycles. The molecule has 0 spiro atoms. The number of hydrogen-bond donors (Lipinski definition) is 0. The molecule has 0 aliphatic heterocycles. The van der Waals surface area contributed by atoms with Gasteiger partial charge in [0.2, 0.25) is 0 Å². The smallest absolute Gasteiger partial charge is 0.0462 e. The Morgan fingerprint density at radius 2 is 0.455 bits per heavy atom. The van der Waals surface area contributed by atoms with Crippen molar-refractivity contribution in [3.05, 3.63) is 0 Å². The van der Waals surface area contributed by atoms with Crippen LogP contribution in [-0.4, -0.2) is 13.7 Å². The van der Waals surface area contributed by atoms with Crippen molar-refractivity contribution in [2.24, 2.45) is 0 Å². The Hall–Kier alpha value is -0.0400. The number of methoxy groups -OCH3 is 1. The fourth-order valence-electron chi connectivity index (χ4n) is 5.09. The van der Waals surface area contributed by atoms with Crippen molar-refractivity contribution in [2.45, 2.75) is 193 Å². The maximum atomic E-state index is 5.10. The summed E-state index contributed by atoms with van der Waals surface area (Å²) in [7, 11) is 1.81. The molecule has 0 N–H and O–H groups in total. The molecule has 0 aromatic rings. The summed E-state index contributed by atoms with van der Waals surface area (Å²) >= 11 is 0. The number of unbranched alkanes of at least 4 members (excludes halogenated alkanes) is 28. The Morgan fingerprint density at radius 3 is 0.636 bits per heavy atom. The number of ether oxygens (including phenoxy) is 1. The monoisotopic (exact) mass is 467 g/mol. The lowest BCUT2D eigenvalue weighted by molar-refractivity contribution is 0.192. The molecule has 33 heavy (non-hydrogen) atoms. The summed E-state index contributed by atoms with van der Waals surface area (Å²) in [5, 5.41) is 0. The lowest BCUT2D eigenvalue weighted by Gasteiger charge is -2.04. The standard InChI is InChI=1S/C32H66O/c1-3-4-5-6-7-8-9-10-11-12-13-14-15-16-17-18-19-20-21-22-23-24-25-26-27-28-29-30-31-32-33-2/h3-32H2,1-2H3. The van der Waals surface area contributed by atoms with E-state index < -0.39 is 0 Å². The molecule has 0 amide bonds. The van der Waals surface area contributed by atoms with E-state index in [1.54, 1.807) is 0 Å². The van der Waals surface area contributed by atoms with Gasteiger partial charge in [-0.25, -0.2) is 0 Å². The van der Waals surface area contributed by atoms with Crippen molar-refractivity contribution in [3.8, 4) is 0 Å². The van der Waals surface area contributed by atoms with E-state index in [1.807, 2.05) is 7.11 Å². The van der Waals surface area contributed by atoms with Crippen LogP contribution in [-0.2, 0) is 4.74 Å². The molecule has 0 unspecified atom stereocenters. The molecule has 0 radical (unpaired) electrons. The minimum Gasteiger partial charge on any atom is -0.385 e. The van der Waals surface area contributed by atoms with Crippen LogP contribution in [0.4, 0.5) is 0 Å². The van der Waals surface area contributed by atoms with E-state index in [-0.39, 0.29) is 0 Å². The first-order valence-electron chi connectivity index (χ1n) is 15.9. The van der Waals surface area contributed by atoms with E-state index in [9.17, 15) is 0 Å². The lowest BCUT2D eigenvalue weighted by Crippen LogP contribution is -1.88. The van der Waals surface area contributed by atoms with Gasteiger partial charge in [0.05, 0.1) is 0 Å². The van der Waals surface area contributed by atoms with Crippen LogP contribution in [0, 0.1) is 0 Å². The molecule has 0 bridgehead atoms. The molecule has 0 atom stereocenters. The summed E-state index contributed by atoms with van der Waals surface area (Å²) in [6.45, 7) is 3.25. The highest BCUT2D eigenvalue weighted by Gasteiger charge is 1.96. The first kappa shape index (κ1) is 33.0. The van der Waals surface area contributed by atoms with Gasteiger partial charge in [0, 0.05) is 13.7 Å². The Kier molecular flexibility index (Phi) is 31.9. The minimum absolute atomic E-state index is 0.944. The summed E-state index contributed by atoms with van der Waals surface area (Å²) in [5.41, 5.74) is 0. The second-order valence-corrected chi connectivity index (χ2v) is 10.9. The molecular formula is C32H66O. The Balaban J connectivity index is 2.99. The predicted octanol–water partition coefficient (Wildman–Crippen LogP) is 12.0. The van der Waals surface area contributed by atoms with Crippen LogP contribution in [0.15, 0.2) is 0 Å². The first-order chi connectivity index (χ1) is 16.4. The average molecular weight is 467 g/mol. The summed E-state index contributed by atoms with van der Waals surface area (Å²) < 4.78 is 5.10. The number of rotatable bonds is 30. The van der Waals surface area contributed by atoms with Crippen molar-refractivity contribution < 1.29 is 4.74 Å². The highest BCUT2D eigenvalue weighted by Crippen LogP contribution is 2.16. The summed E-state index contributed by atoms with van der Waals surface area (Å²) in [5.74, 6) is 0. The highest BCUT2D eigenvalue weighted by molar-refractivity contribution is 4.52. The third kappa shape index (κ3) is 32.0. The molecule has 1 heteroatoms. The predicted molar refractivity (Wildman–Crippen MR) is 151 cm³/mol. The van der Waals surface area contributed by atoms with Crippen LogP contribution < -0.4 is 0 Å². The Labute approximate surface area is 211 Å². The van der Waals surface area contributed by atoms with Crippen LogP contribution >= 0.6 is 0 Å². The van der Waals surface area contributed by atoms with Gasteiger partial charge in [-0.2, -0.15) is 0 Å². The average Bonchev–Trinajstić information content (AvgIpc) is 2.83. The van der Waals surface area contributed by atoms with Gasteiger partial charge in [-0.05, 0) is 6.42 Å². The second kappa shape index (κ2) is 32.0. The normalized spacial score (nSPS) is 11.5. The van der Waals surface area contributed by atoms with Crippen molar-refractivity contribution in [2.75, 3.05) is 13.7 Å². The lowest BCUT2D eigenvalue weighted by atomic mass is 10.0. The van der Waals surface area contributed by atoms with Crippen molar-refractivity contribution in [3.63, 3.8) is 0 Å². The molecule has 0 fully saturated rings. The van der Waals surface area contributed by atoms with Crippen molar-refractivity contribution in [1.29, 1.82) is 0 Å². The zero-order valence-corrected chi connectivity index (χ0v) is 23.6. The van der Waals surface area contributed by atoms with E-state index in [2.05, 4.69) is 6.92 Å². The summed E-state index contributed by atoms with van der Waals surface area (Å²) in [4.78, 5) is 0. The molecule has 0 saturated carbocycles. The molecular weight excluding hydrogens is 400 g/mol. The van der Waals surface area contributed by atoms with Crippen LogP contribution in [0.25, 0.3) is 0 Å². The molecule has 200 valence electrons. The largest absolute Gasteiger partial charge is 0.385 e. The SMILES string of the molecule is CCCCCCCCCCCCCCCCCCCCCCCCCCCCCCCOC. The van der Waals surface area contributed by atoms with E-state index in [1.165, 1.54) is 186 Å². The number of hydrogen-bond acceptors (Lipinski definition) is 1. The zero-order chi connectivity index (χ0) is 23.9. The molecule has 0 rings (SSSR count). The fraction of sp³-hybridized carbons (Fsp3) is 1.00.